The van der Waals surface area contributed by atoms with Gasteiger partial charge in [-0.15, -0.1) is 0 Å². The summed E-state index contributed by atoms with van der Waals surface area (Å²) < 4.78 is 14.6. The van der Waals surface area contributed by atoms with E-state index in [0.717, 1.165) is 42.4 Å². The van der Waals surface area contributed by atoms with Crippen molar-refractivity contribution in [2.24, 2.45) is 5.92 Å². The number of hydrogen-bond acceptors (Lipinski definition) is 3. The molecule has 1 amide bonds. The van der Waals surface area contributed by atoms with Crippen LogP contribution in [0.15, 0.2) is 30.6 Å². The van der Waals surface area contributed by atoms with Gasteiger partial charge in [0.25, 0.3) is 0 Å². The summed E-state index contributed by atoms with van der Waals surface area (Å²) in [6.07, 6.45) is 6.75. The third kappa shape index (κ3) is 3.38. The summed E-state index contributed by atoms with van der Waals surface area (Å²) in [6.45, 7) is 1.33. The van der Waals surface area contributed by atoms with Gasteiger partial charge in [-0.2, -0.15) is 5.10 Å². The number of aromatic nitrogens is 2. The molecule has 2 aromatic rings. The number of aromatic amines is 1. The van der Waals surface area contributed by atoms with Crippen LogP contribution < -0.4 is 0 Å². The van der Waals surface area contributed by atoms with Gasteiger partial charge < -0.3 is 10.0 Å². The van der Waals surface area contributed by atoms with E-state index in [9.17, 15) is 14.3 Å². The SMILES string of the molecule is O=C([C@@H]1CC[C@H](O)C1)N1CCC(c2ccc(-c3cn[nH]c3)cc2F)CC1. The van der Waals surface area contributed by atoms with Crippen molar-refractivity contribution in [1.29, 1.82) is 0 Å². The minimum atomic E-state index is -0.329. The number of amides is 1. The van der Waals surface area contributed by atoms with Gasteiger partial charge in [-0.3, -0.25) is 9.89 Å². The van der Waals surface area contributed by atoms with Crippen LogP contribution in [0.25, 0.3) is 11.1 Å². The summed E-state index contributed by atoms with van der Waals surface area (Å²) in [6, 6.07) is 5.37. The number of likely N-dealkylation sites (tertiary alicyclic amines) is 1. The molecule has 26 heavy (non-hydrogen) atoms. The first-order valence-corrected chi connectivity index (χ1v) is 9.37. The van der Waals surface area contributed by atoms with Gasteiger partial charge in [-0.1, -0.05) is 12.1 Å². The van der Waals surface area contributed by atoms with Gasteiger partial charge in [0.05, 0.1) is 12.3 Å². The predicted octanol–water partition coefficient (Wildman–Crippen LogP) is 3.08. The van der Waals surface area contributed by atoms with Gasteiger partial charge in [0.1, 0.15) is 5.82 Å². The number of benzene rings is 1. The third-order valence-corrected chi connectivity index (χ3v) is 5.83. The van der Waals surface area contributed by atoms with Crippen LogP contribution >= 0.6 is 0 Å². The molecule has 1 aliphatic heterocycles. The minimum absolute atomic E-state index is 0.0347. The highest BCUT2D eigenvalue weighted by atomic mass is 19.1. The predicted molar refractivity (Wildman–Crippen MR) is 95.9 cm³/mol. The quantitative estimate of drug-likeness (QED) is 0.887. The Hall–Kier alpha value is -2.21. The Kier molecular flexibility index (Phi) is 4.76. The van der Waals surface area contributed by atoms with Crippen LogP contribution in [-0.2, 0) is 4.79 Å². The molecule has 1 saturated carbocycles. The number of carbonyl (C=O) groups excluding carboxylic acids is 1. The Morgan fingerprint density at radius 2 is 2.00 bits per heavy atom. The van der Waals surface area contributed by atoms with E-state index in [1.807, 2.05) is 17.0 Å². The lowest BCUT2D eigenvalue weighted by Gasteiger charge is -2.34. The summed E-state index contributed by atoms with van der Waals surface area (Å²) in [7, 11) is 0. The standard InChI is InChI=1S/C20H24FN3O2/c21-19-10-14(16-11-22-23-12-16)2-4-18(19)13-5-7-24(8-6-13)20(26)15-1-3-17(25)9-15/h2,4,10-13,15,17,25H,1,3,5-9H2,(H,22,23)/t15-,17+/m1/s1. The molecule has 0 radical (unpaired) electrons. The Balaban J connectivity index is 1.39. The van der Waals surface area contributed by atoms with Crippen LogP contribution in [0.5, 0.6) is 0 Å². The summed E-state index contributed by atoms with van der Waals surface area (Å²) >= 11 is 0. The fraction of sp³-hybridized carbons (Fsp3) is 0.500. The first-order valence-electron chi connectivity index (χ1n) is 9.37. The number of carbonyl (C=O) groups is 1. The van der Waals surface area contributed by atoms with E-state index in [-0.39, 0.29) is 29.7 Å². The molecule has 5 nitrogen and oxygen atoms in total. The molecule has 6 heteroatoms. The monoisotopic (exact) mass is 357 g/mol. The maximum Gasteiger partial charge on any atom is 0.225 e. The van der Waals surface area contributed by atoms with E-state index < -0.39 is 0 Å². The Bertz CT molecular complexity index is 769. The first kappa shape index (κ1) is 17.2. The van der Waals surface area contributed by atoms with Crippen molar-refractivity contribution >= 4 is 5.91 Å². The second-order valence-electron chi connectivity index (χ2n) is 7.49. The second-order valence-corrected chi connectivity index (χ2v) is 7.49. The number of rotatable bonds is 3. The van der Waals surface area contributed by atoms with E-state index in [0.29, 0.717) is 19.5 Å². The van der Waals surface area contributed by atoms with E-state index in [1.54, 1.807) is 18.5 Å². The van der Waals surface area contributed by atoms with Crippen LogP contribution in [0.4, 0.5) is 4.39 Å². The van der Waals surface area contributed by atoms with E-state index in [2.05, 4.69) is 10.2 Å². The van der Waals surface area contributed by atoms with Gasteiger partial charge in [0, 0.05) is 30.8 Å². The van der Waals surface area contributed by atoms with E-state index >= 15 is 0 Å². The van der Waals surface area contributed by atoms with E-state index in [4.69, 9.17) is 0 Å². The van der Waals surface area contributed by atoms with Crippen LogP contribution in [0.1, 0.15) is 43.6 Å². The molecule has 1 aromatic heterocycles. The lowest BCUT2D eigenvalue weighted by Crippen LogP contribution is -2.41. The molecule has 0 bridgehead atoms. The van der Waals surface area contributed by atoms with Crippen LogP contribution in [0.2, 0.25) is 0 Å². The summed E-state index contributed by atoms with van der Waals surface area (Å²) in [5.41, 5.74) is 2.42. The number of hydrogen-bond donors (Lipinski definition) is 2. The van der Waals surface area contributed by atoms with Crippen molar-refractivity contribution in [3.8, 4) is 11.1 Å². The molecular weight excluding hydrogens is 333 g/mol. The third-order valence-electron chi connectivity index (χ3n) is 5.83. The molecule has 1 saturated heterocycles. The molecule has 2 N–H and O–H groups in total. The van der Waals surface area contributed by atoms with Crippen LogP contribution in [-0.4, -0.2) is 45.3 Å². The number of aliphatic hydroxyl groups excluding tert-OH is 1. The zero-order chi connectivity index (χ0) is 18.1. The smallest absolute Gasteiger partial charge is 0.225 e. The molecule has 2 fully saturated rings. The number of piperidine rings is 1. The topological polar surface area (TPSA) is 69.2 Å². The van der Waals surface area contributed by atoms with Crippen LogP contribution in [0, 0.1) is 11.7 Å². The number of aliphatic hydroxyl groups is 1. The molecule has 4 rings (SSSR count). The van der Waals surface area contributed by atoms with Gasteiger partial charge >= 0.3 is 0 Å². The lowest BCUT2D eigenvalue weighted by atomic mass is 9.87. The number of nitrogens with one attached hydrogen (secondary N) is 1. The van der Waals surface area contributed by atoms with Crippen molar-refractivity contribution in [1.82, 2.24) is 15.1 Å². The Labute approximate surface area is 152 Å². The molecule has 2 aliphatic rings. The van der Waals surface area contributed by atoms with Gasteiger partial charge in [0.15, 0.2) is 0 Å². The maximum atomic E-state index is 14.6. The molecule has 2 heterocycles. The maximum absolute atomic E-state index is 14.6. The molecule has 1 aromatic carbocycles. The highest BCUT2D eigenvalue weighted by Crippen LogP contribution is 2.34. The van der Waals surface area contributed by atoms with Gasteiger partial charge in [-0.05, 0) is 55.2 Å². The zero-order valence-electron chi connectivity index (χ0n) is 14.7. The van der Waals surface area contributed by atoms with Crippen molar-refractivity contribution in [3.63, 3.8) is 0 Å². The molecule has 1 aliphatic carbocycles. The van der Waals surface area contributed by atoms with Crippen molar-refractivity contribution in [2.45, 2.75) is 44.1 Å². The average Bonchev–Trinajstić information content (AvgIpc) is 3.33. The summed E-state index contributed by atoms with van der Waals surface area (Å²) in [5.74, 6) is 0.0855. The fourth-order valence-corrected chi connectivity index (χ4v) is 4.30. The van der Waals surface area contributed by atoms with Gasteiger partial charge in [0.2, 0.25) is 5.91 Å². The molecular formula is C20H24FN3O2. The van der Waals surface area contributed by atoms with Gasteiger partial charge in [-0.25, -0.2) is 4.39 Å². The largest absolute Gasteiger partial charge is 0.393 e. The molecule has 138 valence electrons. The fourth-order valence-electron chi connectivity index (χ4n) is 4.30. The minimum Gasteiger partial charge on any atom is -0.393 e. The highest BCUT2D eigenvalue weighted by Gasteiger charge is 2.33. The molecule has 0 unspecified atom stereocenters. The number of halogens is 1. The van der Waals surface area contributed by atoms with Crippen LogP contribution in [0.3, 0.4) is 0 Å². The van der Waals surface area contributed by atoms with Crippen molar-refractivity contribution in [2.75, 3.05) is 13.1 Å². The Morgan fingerprint density at radius 1 is 1.19 bits per heavy atom. The van der Waals surface area contributed by atoms with Crippen molar-refractivity contribution in [3.05, 3.63) is 42.0 Å². The van der Waals surface area contributed by atoms with Crippen molar-refractivity contribution < 1.29 is 14.3 Å². The zero-order valence-corrected chi connectivity index (χ0v) is 14.7. The lowest BCUT2D eigenvalue weighted by molar-refractivity contribution is -0.136. The second kappa shape index (κ2) is 7.19. The normalized spacial score (nSPS) is 24.2. The average molecular weight is 357 g/mol. The number of H-pyrrole nitrogens is 1. The number of nitrogens with zero attached hydrogens (tertiary/aromatic N) is 2. The summed E-state index contributed by atoms with van der Waals surface area (Å²) in [5, 5.41) is 16.3. The molecule has 2 atom stereocenters. The van der Waals surface area contributed by atoms with E-state index in [1.165, 1.54) is 0 Å². The first-order chi connectivity index (χ1) is 12.6. The Morgan fingerprint density at radius 3 is 2.62 bits per heavy atom. The molecule has 0 spiro atoms. The highest BCUT2D eigenvalue weighted by molar-refractivity contribution is 5.79. The summed E-state index contributed by atoms with van der Waals surface area (Å²) in [4.78, 5) is 14.5.